The van der Waals surface area contributed by atoms with E-state index in [9.17, 15) is 18.5 Å². The first-order valence-electron chi connectivity index (χ1n) is 5.91. The van der Waals surface area contributed by atoms with Crippen molar-refractivity contribution >= 4 is 15.7 Å². The van der Waals surface area contributed by atoms with Gasteiger partial charge in [-0.15, -0.1) is 0 Å². The van der Waals surface area contributed by atoms with Crippen molar-refractivity contribution in [2.45, 2.75) is 36.7 Å². The third kappa shape index (κ3) is 3.49. The van der Waals surface area contributed by atoms with Crippen LogP contribution in [-0.2, 0) is 14.9 Å². The minimum atomic E-state index is -3.88. The molecule has 1 aliphatic carbocycles. The summed E-state index contributed by atoms with van der Waals surface area (Å²) in [4.78, 5) is 16.9. The van der Waals surface area contributed by atoms with Crippen molar-refractivity contribution in [1.82, 2.24) is 4.89 Å². The highest BCUT2D eigenvalue weighted by Crippen LogP contribution is 2.21. The zero-order valence-corrected chi connectivity index (χ0v) is 10.9. The largest absolute Gasteiger partial charge is 0.284 e. The molecule has 0 unspecified atom stereocenters. The second-order valence-electron chi connectivity index (χ2n) is 4.37. The molecule has 19 heavy (non-hydrogen) atoms. The van der Waals surface area contributed by atoms with Crippen LogP contribution in [0.25, 0.3) is 0 Å². The van der Waals surface area contributed by atoms with E-state index >= 15 is 0 Å². The van der Waals surface area contributed by atoms with Crippen LogP contribution in [-0.4, -0.2) is 19.4 Å². The molecule has 0 spiro atoms. The lowest BCUT2D eigenvalue weighted by Crippen LogP contribution is -2.28. The first kappa shape index (κ1) is 13.9. The van der Waals surface area contributed by atoms with Crippen LogP contribution in [0.2, 0.25) is 0 Å². The summed E-state index contributed by atoms with van der Waals surface area (Å²) in [7, 11) is -3.88. The topological polar surface area (TPSA) is 98.5 Å². The third-order valence-corrected chi connectivity index (χ3v) is 4.16. The zero-order chi connectivity index (χ0) is 13.9. The molecule has 1 aromatic rings. The molecular weight excluding hydrogens is 272 g/mol. The Morgan fingerprint density at radius 3 is 2.63 bits per heavy atom. The summed E-state index contributed by atoms with van der Waals surface area (Å²) < 4.78 is 23.8. The predicted octanol–water partition coefficient (Wildman–Crippen LogP) is 1.75. The Hall–Kier alpha value is -1.51. The summed E-state index contributed by atoms with van der Waals surface area (Å²) in [5.74, 6) is 0. The Morgan fingerprint density at radius 2 is 2.00 bits per heavy atom. The number of nitro benzene ring substituents is 1. The second kappa shape index (κ2) is 5.64. The van der Waals surface area contributed by atoms with Crippen molar-refractivity contribution in [1.29, 1.82) is 0 Å². The highest BCUT2D eigenvalue weighted by molar-refractivity contribution is 7.89. The van der Waals surface area contributed by atoms with E-state index in [0.29, 0.717) is 0 Å². The molecule has 0 amide bonds. The van der Waals surface area contributed by atoms with Gasteiger partial charge >= 0.3 is 0 Å². The molecule has 2 rings (SSSR count). The van der Waals surface area contributed by atoms with E-state index in [-0.39, 0.29) is 16.7 Å². The lowest BCUT2D eigenvalue weighted by molar-refractivity contribution is -0.385. The maximum atomic E-state index is 11.9. The average Bonchev–Trinajstić information content (AvgIpc) is 2.90. The van der Waals surface area contributed by atoms with Gasteiger partial charge in [0.1, 0.15) is 0 Å². The highest BCUT2D eigenvalue weighted by Gasteiger charge is 2.22. The number of nitro groups is 1. The normalized spacial score (nSPS) is 16.6. The zero-order valence-electron chi connectivity index (χ0n) is 10.1. The monoisotopic (exact) mass is 286 g/mol. The first-order chi connectivity index (χ1) is 8.99. The fourth-order valence-electron chi connectivity index (χ4n) is 1.95. The van der Waals surface area contributed by atoms with Crippen LogP contribution >= 0.6 is 0 Å². The smallest absolute Gasteiger partial charge is 0.270 e. The Labute approximate surface area is 110 Å². The van der Waals surface area contributed by atoms with Gasteiger partial charge in [-0.1, -0.05) is 23.8 Å². The number of rotatable bonds is 5. The van der Waals surface area contributed by atoms with Crippen LogP contribution < -0.4 is 4.89 Å². The fraction of sp³-hybridized carbons (Fsp3) is 0.455. The Bertz CT molecular complexity index is 566. The van der Waals surface area contributed by atoms with Gasteiger partial charge in [0.25, 0.3) is 15.7 Å². The predicted molar refractivity (Wildman–Crippen MR) is 66.8 cm³/mol. The van der Waals surface area contributed by atoms with Gasteiger partial charge in [-0.2, -0.15) is 0 Å². The number of hydrogen-bond acceptors (Lipinski definition) is 5. The van der Waals surface area contributed by atoms with Crippen LogP contribution in [0.4, 0.5) is 5.69 Å². The number of nitrogens with one attached hydrogen (secondary N) is 1. The van der Waals surface area contributed by atoms with Gasteiger partial charge in [-0.25, -0.2) is 8.42 Å². The number of nitrogens with zero attached hydrogens (tertiary/aromatic N) is 1. The van der Waals surface area contributed by atoms with E-state index in [0.717, 1.165) is 31.7 Å². The van der Waals surface area contributed by atoms with E-state index in [1.54, 1.807) is 0 Å². The van der Waals surface area contributed by atoms with E-state index in [1.165, 1.54) is 18.2 Å². The van der Waals surface area contributed by atoms with Gasteiger partial charge in [0.15, 0.2) is 0 Å². The lowest BCUT2D eigenvalue weighted by Gasteiger charge is -2.11. The highest BCUT2D eigenvalue weighted by atomic mass is 32.2. The molecule has 8 heteroatoms. The van der Waals surface area contributed by atoms with Crippen molar-refractivity contribution in [2.24, 2.45) is 0 Å². The molecule has 1 fully saturated rings. The van der Waals surface area contributed by atoms with Crippen LogP contribution in [0.15, 0.2) is 29.2 Å². The minimum Gasteiger partial charge on any atom is -0.284 e. The quantitative estimate of drug-likeness (QED) is 0.656. The van der Waals surface area contributed by atoms with Gasteiger partial charge in [-0.3, -0.25) is 15.0 Å². The molecule has 0 bridgehead atoms. The molecule has 0 atom stereocenters. The molecule has 1 N–H and O–H groups in total. The molecule has 1 aliphatic rings. The van der Waals surface area contributed by atoms with Gasteiger partial charge in [0.2, 0.25) is 0 Å². The van der Waals surface area contributed by atoms with Crippen LogP contribution in [0.1, 0.15) is 25.7 Å². The van der Waals surface area contributed by atoms with E-state index in [2.05, 4.69) is 0 Å². The van der Waals surface area contributed by atoms with Crippen molar-refractivity contribution in [3.8, 4) is 0 Å². The molecular formula is C11H14N2O5S. The number of sulfonamides is 1. The molecule has 104 valence electrons. The molecule has 0 radical (unpaired) electrons. The summed E-state index contributed by atoms with van der Waals surface area (Å²) in [5, 5.41) is 10.6. The van der Waals surface area contributed by atoms with Crippen molar-refractivity contribution < 1.29 is 18.2 Å². The molecule has 1 aromatic carbocycles. The summed E-state index contributed by atoms with van der Waals surface area (Å²) in [6.07, 6.45) is 3.55. The lowest BCUT2D eigenvalue weighted by atomic mass is 10.3. The van der Waals surface area contributed by atoms with Crippen molar-refractivity contribution in [3.63, 3.8) is 0 Å². The van der Waals surface area contributed by atoms with E-state index in [4.69, 9.17) is 4.84 Å². The third-order valence-electron chi connectivity index (χ3n) is 2.97. The Balaban J connectivity index is 2.09. The Morgan fingerprint density at radius 1 is 1.32 bits per heavy atom. The van der Waals surface area contributed by atoms with Gasteiger partial charge in [-0.05, 0) is 18.9 Å². The van der Waals surface area contributed by atoms with Crippen molar-refractivity contribution in [2.75, 3.05) is 0 Å². The number of hydrogen-bond donors (Lipinski definition) is 1. The average molecular weight is 286 g/mol. The molecule has 0 heterocycles. The summed E-state index contributed by atoms with van der Waals surface area (Å²) in [5.41, 5.74) is -0.274. The molecule has 7 nitrogen and oxygen atoms in total. The van der Waals surface area contributed by atoms with Crippen LogP contribution in [0.5, 0.6) is 0 Å². The van der Waals surface area contributed by atoms with E-state index in [1.807, 2.05) is 4.89 Å². The number of non-ortho nitro benzene ring substituents is 1. The standard InChI is InChI=1S/C11H14N2O5S/c14-13(15)9-4-3-7-11(8-9)19(16,17)12-18-10-5-1-2-6-10/h3-4,7-8,10,12H,1-2,5-6H2. The SMILES string of the molecule is O=[N+]([O-])c1cccc(S(=O)(=O)NOC2CCCC2)c1. The maximum absolute atomic E-state index is 11.9. The second-order valence-corrected chi connectivity index (χ2v) is 6.01. The van der Waals surface area contributed by atoms with Crippen LogP contribution in [0.3, 0.4) is 0 Å². The number of benzene rings is 1. The van der Waals surface area contributed by atoms with Gasteiger partial charge < -0.3 is 0 Å². The summed E-state index contributed by atoms with van der Waals surface area (Å²) in [6.45, 7) is 0. The summed E-state index contributed by atoms with van der Waals surface area (Å²) in [6, 6.07) is 4.84. The van der Waals surface area contributed by atoms with Gasteiger partial charge in [0, 0.05) is 12.1 Å². The van der Waals surface area contributed by atoms with Crippen LogP contribution in [0, 0.1) is 10.1 Å². The summed E-state index contributed by atoms with van der Waals surface area (Å²) >= 11 is 0. The molecule has 0 aliphatic heterocycles. The maximum Gasteiger partial charge on any atom is 0.270 e. The van der Waals surface area contributed by atoms with Gasteiger partial charge in [0.05, 0.1) is 15.9 Å². The van der Waals surface area contributed by atoms with Crippen molar-refractivity contribution in [3.05, 3.63) is 34.4 Å². The molecule has 1 saturated carbocycles. The molecule has 0 aromatic heterocycles. The minimum absolute atomic E-state index is 0.117. The first-order valence-corrected chi connectivity index (χ1v) is 7.39. The van der Waals surface area contributed by atoms with E-state index < -0.39 is 14.9 Å². The Kier molecular flexibility index (Phi) is 4.13. The molecule has 0 saturated heterocycles. The fourth-order valence-corrected chi connectivity index (χ4v) is 2.84.